The average Bonchev–Trinajstić information content (AvgIpc) is 3.19. The van der Waals surface area contributed by atoms with Crippen molar-refractivity contribution < 1.29 is 25.0 Å². The van der Waals surface area contributed by atoms with E-state index in [-0.39, 0.29) is 23.0 Å². The van der Waals surface area contributed by atoms with Crippen LogP contribution in [0.5, 0.6) is 0 Å². The highest BCUT2D eigenvalue weighted by atomic mass is 32.1. The SMILES string of the molecule is CCOC(=O)c1c(NC(=O)C[NH2+]C2CCCC2)sc2c1CC(C)(C)[NH2+]C2(C)C. The van der Waals surface area contributed by atoms with Gasteiger partial charge in [0.1, 0.15) is 10.5 Å². The van der Waals surface area contributed by atoms with Gasteiger partial charge in [-0.25, -0.2) is 4.79 Å². The molecule has 7 heteroatoms. The number of hydrogen-bond donors (Lipinski definition) is 3. The molecule has 1 aliphatic carbocycles. The summed E-state index contributed by atoms with van der Waals surface area (Å²) < 4.78 is 5.35. The Morgan fingerprint density at radius 1 is 1.25 bits per heavy atom. The first-order valence-electron chi connectivity index (χ1n) is 10.5. The molecule has 2 heterocycles. The van der Waals surface area contributed by atoms with E-state index in [1.54, 1.807) is 0 Å². The Kier molecular flexibility index (Phi) is 6.17. The van der Waals surface area contributed by atoms with Crippen molar-refractivity contribution in [1.29, 1.82) is 0 Å². The molecule has 1 amide bonds. The van der Waals surface area contributed by atoms with E-state index in [0.717, 1.165) is 16.9 Å². The topological polar surface area (TPSA) is 88.6 Å². The number of quaternary nitrogens is 2. The maximum absolute atomic E-state index is 12.8. The Hall–Kier alpha value is -1.44. The fourth-order valence-corrected chi connectivity index (χ4v) is 6.15. The highest BCUT2D eigenvalue weighted by Gasteiger charge is 2.45. The van der Waals surface area contributed by atoms with Crippen molar-refractivity contribution >= 4 is 28.2 Å². The number of carbonyl (C=O) groups excluding carboxylic acids is 2. The predicted octanol–water partition coefficient (Wildman–Crippen LogP) is 1.50. The van der Waals surface area contributed by atoms with Crippen LogP contribution in [0.2, 0.25) is 0 Å². The van der Waals surface area contributed by atoms with Gasteiger partial charge in [-0.3, -0.25) is 4.79 Å². The van der Waals surface area contributed by atoms with Gasteiger partial charge in [0.15, 0.2) is 6.54 Å². The maximum atomic E-state index is 12.8. The molecular weight excluding hydrogens is 374 g/mol. The molecule has 0 unspecified atom stereocenters. The third kappa shape index (κ3) is 4.58. The van der Waals surface area contributed by atoms with E-state index in [0.29, 0.717) is 29.8 Å². The highest BCUT2D eigenvalue weighted by molar-refractivity contribution is 7.17. The van der Waals surface area contributed by atoms with Crippen LogP contribution in [0.4, 0.5) is 5.00 Å². The Morgan fingerprint density at radius 3 is 2.57 bits per heavy atom. The second kappa shape index (κ2) is 8.13. The molecule has 1 aromatic heterocycles. The van der Waals surface area contributed by atoms with Gasteiger partial charge < -0.3 is 20.7 Å². The Labute approximate surface area is 171 Å². The van der Waals surface area contributed by atoms with Crippen molar-refractivity contribution in [1.82, 2.24) is 0 Å². The molecule has 1 fully saturated rings. The van der Waals surface area contributed by atoms with Gasteiger partial charge in [0.25, 0.3) is 5.91 Å². The lowest BCUT2D eigenvalue weighted by Gasteiger charge is -2.38. The molecular formula is C21H35N3O3S+2. The normalized spacial score (nSPS) is 20.6. The van der Waals surface area contributed by atoms with Crippen molar-refractivity contribution in [2.24, 2.45) is 0 Å². The number of hydrogen-bond acceptors (Lipinski definition) is 4. The van der Waals surface area contributed by atoms with E-state index in [9.17, 15) is 9.59 Å². The van der Waals surface area contributed by atoms with Crippen LogP contribution < -0.4 is 16.0 Å². The van der Waals surface area contributed by atoms with E-state index in [2.05, 4.69) is 43.6 Å². The van der Waals surface area contributed by atoms with Gasteiger partial charge in [-0.05, 0) is 65.9 Å². The highest BCUT2D eigenvalue weighted by Crippen LogP contribution is 2.42. The second-order valence-corrected chi connectivity index (χ2v) is 10.4. The van der Waals surface area contributed by atoms with Gasteiger partial charge in [0.2, 0.25) is 0 Å². The summed E-state index contributed by atoms with van der Waals surface area (Å²) in [5, 5.41) is 8.17. The molecule has 3 rings (SSSR count). The molecule has 1 aliphatic heterocycles. The maximum Gasteiger partial charge on any atom is 0.341 e. The lowest BCUT2D eigenvalue weighted by molar-refractivity contribution is -0.789. The number of anilines is 1. The molecule has 156 valence electrons. The van der Waals surface area contributed by atoms with Crippen molar-refractivity contribution in [2.75, 3.05) is 18.5 Å². The predicted molar refractivity (Wildman–Crippen MR) is 111 cm³/mol. The summed E-state index contributed by atoms with van der Waals surface area (Å²) in [5.41, 5.74) is 1.43. The van der Waals surface area contributed by atoms with Crippen LogP contribution >= 0.6 is 11.3 Å². The summed E-state index contributed by atoms with van der Waals surface area (Å²) >= 11 is 1.53. The minimum Gasteiger partial charge on any atom is -0.462 e. The summed E-state index contributed by atoms with van der Waals surface area (Å²) in [7, 11) is 0. The van der Waals surface area contributed by atoms with Crippen LogP contribution in [0.15, 0.2) is 0 Å². The third-order valence-corrected chi connectivity index (χ3v) is 7.23. The van der Waals surface area contributed by atoms with Crippen LogP contribution in [0.3, 0.4) is 0 Å². The van der Waals surface area contributed by atoms with E-state index < -0.39 is 0 Å². The van der Waals surface area contributed by atoms with Crippen molar-refractivity contribution in [3.8, 4) is 0 Å². The fraction of sp³-hybridized carbons (Fsp3) is 0.714. The Balaban J connectivity index is 1.86. The van der Waals surface area contributed by atoms with Gasteiger partial charge in [-0.1, -0.05) is 0 Å². The van der Waals surface area contributed by atoms with E-state index >= 15 is 0 Å². The van der Waals surface area contributed by atoms with Crippen molar-refractivity contribution in [3.05, 3.63) is 16.0 Å². The number of nitrogens with two attached hydrogens (primary N) is 2. The smallest absolute Gasteiger partial charge is 0.341 e. The molecule has 6 nitrogen and oxygen atoms in total. The van der Waals surface area contributed by atoms with Crippen LogP contribution in [0, 0.1) is 0 Å². The van der Waals surface area contributed by atoms with Crippen LogP contribution in [-0.4, -0.2) is 36.6 Å². The Morgan fingerprint density at radius 2 is 1.93 bits per heavy atom. The minimum atomic E-state index is -0.330. The standard InChI is InChI=1S/C21H33N3O3S/c1-6-27-19(26)16-14-11-20(2,3)24-21(4,5)17(14)28-18(16)23-15(25)12-22-13-9-7-8-10-13/h13,22,24H,6-12H2,1-5H3,(H,23,25)/p+2. The van der Waals surface area contributed by atoms with Crippen molar-refractivity contribution in [3.63, 3.8) is 0 Å². The number of fused-ring (bicyclic) bond motifs is 1. The average molecular weight is 410 g/mol. The molecule has 0 aromatic carbocycles. The molecule has 0 bridgehead atoms. The first kappa shape index (κ1) is 21.3. The summed E-state index contributed by atoms with van der Waals surface area (Å²) in [6, 6.07) is 0.557. The minimum absolute atomic E-state index is 0.0175. The third-order valence-electron chi connectivity index (χ3n) is 5.75. The van der Waals surface area contributed by atoms with Gasteiger partial charge >= 0.3 is 5.97 Å². The van der Waals surface area contributed by atoms with Gasteiger partial charge in [0, 0.05) is 6.42 Å². The molecule has 28 heavy (non-hydrogen) atoms. The molecule has 1 aromatic rings. The summed E-state index contributed by atoms with van der Waals surface area (Å²) in [6.07, 6.45) is 5.67. The summed E-state index contributed by atoms with van der Waals surface area (Å²) in [4.78, 5) is 26.5. The molecule has 0 spiro atoms. The van der Waals surface area contributed by atoms with E-state index in [4.69, 9.17) is 4.74 Å². The first-order chi connectivity index (χ1) is 13.1. The zero-order valence-corrected chi connectivity index (χ0v) is 18.6. The van der Waals surface area contributed by atoms with Gasteiger partial charge in [-0.2, -0.15) is 0 Å². The fourth-order valence-electron chi connectivity index (χ4n) is 4.86. The van der Waals surface area contributed by atoms with Crippen LogP contribution in [0.1, 0.15) is 81.1 Å². The van der Waals surface area contributed by atoms with Gasteiger partial charge in [0.05, 0.1) is 28.6 Å². The van der Waals surface area contributed by atoms with E-state index in [1.807, 2.05) is 6.92 Å². The first-order valence-corrected chi connectivity index (χ1v) is 11.3. The number of amides is 1. The van der Waals surface area contributed by atoms with Crippen molar-refractivity contribution in [2.45, 2.75) is 83.8 Å². The number of rotatable bonds is 6. The lowest BCUT2D eigenvalue weighted by Crippen LogP contribution is -3.03. The number of esters is 1. The molecule has 1 saturated carbocycles. The van der Waals surface area contributed by atoms with Gasteiger partial charge in [-0.15, -0.1) is 11.3 Å². The molecule has 5 N–H and O–H groups in total. The zero-order chi connectivity index (χ0) is 20.5. The molecule has 0 radical (unpaired) electrons. The quantitative estimate of drug-likeness (QED) is 0.622. The number of ether oxygens (including phenoxy) is 1. The number of thiophene rings is 1. The largest absolute Gasteiger partial charge is 0.462 e. The zero-order valence-electron chi connectivity index (χ0n) is 17.8. The summed E-state index contributed by atoms with van der Waals surface area (Å²) in [6.45, 7) is 11.3. The monoisotopic (exact) mass is 409 g/mol. The molecule has 0 saturated heterocycles. The Bertz CT molecular complexity index is 748. The lowest BCUT2D eigenvalue weighted by atomic mass is 9.81. The van der Waals surface area contributed by atoms with Crippen LogP contribution in [0.25, 0.3) is 0 Å². The second-order valence-electron chi connectivity index (χ2n) is 9.40. The number of nitrogens with one attached hydrogen (secondary N) is 1. The van der Waals surface area contributed by atoms with E-state index in [1.165, 1.54) is 37.0 Å². The molecule has 2 aliphatic rings. The molecule has 0 atom stereocenters. The summed E-state index contributed by atoms with van der Waals surface area (Å²) in [5.74, 6) is -0.374. The number of carbonyl (C=O) groups is 2. The van der Waals surface area contributed by atoms with Crippen LogP contribution in [-0.2, 0) is 21.5 Å².